The van der Waals surface area contributed by atoms with Gasteiger partial charge in [-0.05, 0) is 12.5 Å². The first kappa shape index (κ1) is 14.6. The predicted molar refractivity (Wildman–Crippen MR) is 57.2 cm³/mol. The average molecular weight is 302 g/mol. The quantitative estimate of drug-likeness (QED) is 0.577. The van der Waals surface area contributed by atoms with E-state index in [9.17, 15) is 21.6 Å². The minimum Gasteiger partial charge on any atom is -0.381 e. The van der Waals surface area contributed by atoms with Gasteiger partial charge in [-0.15, -0.1) is 0 Å². The van der Waals surface area contributed by atoms with Crippen LogP contribution in [0.4, 0.5) is 13.2 Å². The van der Waals surface area contributed by atoms with Gasteiger partial charge in [0.1, 0.15) is 5.76 Å². The molecule has 110 valence electrons. The lowest BCUT2D eigenvalue weighted by atomic mass is 10.1. The van der Waals surface area contributed by atoms with Crippen molar-refractivity contribution in [1.29, 1.82) is 0 Å². The highest BCUT2D eigenvalue weighted by atomic mass is 32.2. The van der Waals surface area contributed by atoms with Gasteiger partial charge in [0.15, 0.2) is 5.79 Å². The van der Waals surface area contributed by atoms with Gasteiger partial charge in [0.2, 0.25) is 0 Å². The van der Waals surface area contributed by atoms with Crippen molar-refractivity contribution < 1.29 is 35.2 Å². The number of ether oxygens (including phenoxy) is 2. The first-order valence-electron chi connectivity index (χ1n) is 5.72. The highest BCUT2D eigenvalue weighted by molar-refractivity contribution is 7.87. The van der Waals surface area contributed by atoms with Crippen molar-refractivity contribution in [2.45, 2.75) is 37.0 Å². The second-order valence-corrected chi connectivity index (χ2v) is 5.86. The van der Waals surface area contributed by atoms with Crippen LogP contribution in [0.25, 0.3) is 0 Å². The molecule has 0 atom stereocenters. The fraction of sp³-hybridized carbons (Fsp3) is 0.800. The maximum atomic E-state index is 12.2. The zero-order valence-corrected chi connectivity index (χ0v) is 10.7. The highest BCUT2D eigenvalue weighted by Gasteiger charge is 2.49. The number of hydrogen-bond donors (Lipinski definition) is 0. The smallest absolute Gasteiger partial charge is 0.381 e. The summed E-state index contributed by atoms with van der Waals surface area (Å²) in [6.07, 6.45) is 2.49. The summed E-state index contributed by atoms with van der Waals surface area (Å²) >= 11 is 0. The van der Waals surface area contributed by atoms with E-state index in [4.69, 9.17) is 9.47 Å². The van der Waals surface area contributed by atoms with Crippen molar-refractivity contribution in [3.8, 4) is 0 Å². The van der Waals surface area contributed by atoms with Crippen molar-refractivity contribution in [3.05, 3.63) is 11.8 Å². The van der Waals surface area contributed by atoms with E-state index in [1.54, 1.807) is 0 Å². The molecule has 2 rings (SSSR count). The van der Waals surface area contributed by atoms with E-state index in [0.29, 0.717) is 26.1 Å². The number of rotatable bonds is 2. The van der Waals surface area contributed by atoms with Gasteiger partial charge in [-0.25, -0.2) is 0 Å². The molecule has 0 bridgehead atoms. The minimum atomic E-state index is -5.60. The van der Waals surface area contributed by atoms with E-state index < -0.39 is 21.4 Å². The average Bonchev–Trinajstić information content (AvgIpc) is 2.64. The maximum Gasteiger partial charge on any atom is 0.534 e. The Kier molecular flexibility index (Phi) is 3.80. The van der Waals surface area contributed by atoms with E-state index >= 15 is 0 Å². The van der Waals surface area contributed by atoms with Gasteiger partial charge in [0, 0.05) is 19.3 Å². The molecule has 1 heterocycles. The number of hydrogen-bond acceptors (Lipinski definition) is 5. The summed E-state index contributed by atoms with van der Waals surface area (Å²) in [5.74, 6) is -1.05. The fourth-order valence-corrected chi connectivity index (χ4v) is 2.56. The lowest BCUT2D eigenvalue weighted by Gasteiger charge is -2.24. The van der Waals surface area contributed by atoms with Crippen molar-refractivity contribution in [3.63, 3.8) is 0 Å². The van der Waals surface area contributed by atoms with Crippen LogP contribution in [0.1, 0.15) is 25.7 Å². The molecule has 0 unspecified atom stereocenters. The molecule has 1 fully saturated rings. The zero-order chi connectivity index (χ0) is 14.1. The third-order valence-electron chi connectivity index (χ3n) is 2.94. The second-order valence-electron chi connectivity index (χ2n) is 4.32. The van der Waals surface area contributed by atoms with Crippen LogP contribution in [0.3, 0.4) is 0 Å². The number of alkyl halides is 3. The molecule has 0 aromatic rings. The Bertz CT molecular complexity index is 462. The molecule has 19 heavy (non-hydrogen) atoms. The van der Waals surface area contributed by atoms with Crippen LogP contribution in [0.2, 0.25) is 0 Å². The highest BCUT2D eigenvalue weighted by Crippen LogP contribution is 2.35. The van der Waals surface area contributed by atoms with Gasteiger partial charge in [0.25, 0.3) is 0 Å². The molecule has 9 heteroatoms. The first-order chi connectivity index (χ1) is 8.74. The minimum absolute atomic E-state index is 0.101. The molecule has 0 aromatic carbocycles. The molecule has 1 saturated heterocycles. The van der Waals surface area contributed by atoms with E-state index in [1.165, 1.54) is 6.08 Å². The van der Waals surface area contributed by atoms with Crippen LogP contribution in [-0.2, 0) is 23.8 Å². The summed E-state index contributed by atoms with van der Waals surface area (Å²) in [7, 11) is -5.60. The topological polar surface area (TPSA) is 61.8 Å². The van der Waals surface area contributed by atoms with Crippen LogP contribution < -0.4 is 0 Å². The summed E-state index contributed by atoms with van der Waals surface area (Å²) in [5.41, 5.74) is -5.42. The molecule has 5 nitrogen and oxygen atoms in total. The molecule has 0 amide bonds. The Labute approximate surface area is 108 Å². The summed E-state index contributed by atoms with van der Waals surface area (Å²) in [5, 5.41) is 0. The Morgan fingerprint density at radius 1 is 1.26 bits per heavy atom. The zero-order valence-electron chi connectivity index (χ0n) is 9.90. The summed E-state index contributed by atoms with van der Waals surface area (Å²) in [6, 6.07) is 0. The van der Waals surface area contributed by atoms with Crippen LogP contribution in [0, 0.1) is 0 Å². The monoisotopic (exact) mass is 302 g/mol. The lowest BCUT2D eigenvalue weighted by Crippen LogP contribution is -2.28. The third kappa shape index (κ3) is 3.21. The Balaban J connectivity index is 2.08. The first-order valence-corrected chi connectivity index (χ1v) is 7.13. The standard InChI is InChI=1S/C10H13F3O5S/c11-10(12,13)19(14,15)18-8-2-1-4-9(5-3-8)16-6-7-17-9/h3H,1-2,4-7H2. The largest absolute Gasteiger partial charge is 0.534 e. The third-order valence-corrected chi connectivity index (χ3v) is 3.94. The molecular formula is C10H13F3O5S. The van der Waals surface area contributed by atoms with Crippen LogP contribution in [-0.4, -0.2) is 32.9 Å². The van der Waals surface area contributed by atoms with E-state index in [0.717, 1.165) is 0 Å². The van der Waals surface area contributed by atoms with Gasteiger partial charge in [0.05, 0.1) is 13.2 Å². The molecular weight excluding hydrogens is 289 g/mol. The molecule has 0 radical (unpaired) electrons. The lowest BCUT2D eigenvalue weighted by molar-refractivity contribution is -0.158. The van der Waals surface area contributed by atoms with Crippen molar-refractivity contribution in [2.24, 2.45) is 0 Å². The molecule has 0 N–H and O–H groups in total. The normalized spacial score (nSPS) is 24.1. The van der Waals surface area contributed by atoms with Crippen molar-refractivity contribution in [1.82, 2.24) is 0 Å². The molecule has 2 aliphatic rings. The molecule has 0 aromatic heterocycles. The Morgan fingerprint density at radius 2 is 1.89 bits per heavy atom. The maximum absolute atomic E-state index is 12.2. The van der Waals surface area contributed by atoms with Crippen LogP contribution in [0.5, 0.6) is 0 Å². The van der Waals surface area contributed by atoms with Gasteiger partial charge in [-0.2, -0.15) is 21.6 Å². The molecule has 0 saturated carbocycles. The SMILES string of the molecule is O=S(=O)(OC1=CCC2(CCC1)OCCO2)C(F)(F)F. The number of allylic oxidation sites excluding steroid dienone is 1. The summed E-state index contributed by atoms with van der Waals surface area (Å²) in [4.78, 5) is 0. The van der Waals surface area contributed by atoms with E-state index in [2.05, 4.69) is 4.18 Å². The molecule has 1 spiro atoms. The predicted octanol–water partition coefficient (Wildman–Crippen LogP) is 2.05. The van der Waals surface area contributed by atoms with Crippen molar-refractivity contribution >= 4 is 10.1 Å². The van der Waals surface area contributed by atoms with Gasteiger partial charge in [-0.1, -0.05) is 0 Å². The van der Waals surface area contributed by atoms with E-state index in [1.807, 2.05) is 0 Å². The van der Waals surface area contributed by atoms with Gasteiger partial charge < -0.3 is 13.7 Å². The van der Waals surface area contributed by atoms with Crippen LogP contribution >= 0.6 is 0 Å². The Morgan fingerprint density at radius 3 is 2.47 bits per heavy atom. The second kappa shape index (κ2) is 4.95. The van der Waals surface area contributed by atoms with E-state index in [-0.39, 0.29) is 18.6 Å². The number of halogens is 3. The molecule has 1 aliphatic heterocycles. The summed E-state index contributed by atoms with van der Waals surface area (Å²) in [6.45, 7) is 0.843. The molecule has 1 aliphatic carbocycles. The summed E-state index contributed by atoms with van der Waals surface area (Å²) < 4.78 is 73.3. The van der Waals surface area contributed by atoms with Gasteiger partial charge >= 0.3 is 15.6 Å². The fourth-order valence-electron chi connectivity index (χ4n) is 2.03. The van der Waals surface area contributed by atoms with Crippen LogP contribution in [0.15, 0.2) is 11.8 Å². The van der Waals surface area contributed by atoms with Gasteiger partial charge in [-0.3, -0.25) is 0 Å². The Hall–Kier alpha value is -0.800. The van der Waals surface area contributed by atoms with Crippen molar-refractivity contribution in [2.75, 3.05) is 13.2 Å².